The second kappa shape index (κ2) is 11.7. The third-order valence-corrected chi connectivity index (χ3v) is 6.22. The highest BCUT2D eigenvalue weighted by Crippen LogP contribution is 2.37. The van der Waals surface area contributed by atoms with Crippen molar-refractivity contribution in [3.05, 3.63) is 45.1 Å². The number of hydrogen-bond donors (Lipinski definition) is 3. The van der Waals surface area contributed by atoms with Crippen molar-refractivity contribution in [3.8, 4) is 0 Å². The highest BCUT2D eigenvalue weighted by Gasteiger charge is 2.36. The van der Waals surface area contributed by atoms with Crippen LogP contribution in [-0.4, -0.2) is 62.8 Å². The van der Waals surface area contributed by atoms with Gasteiger partial charge in [-0.15, -0.1) is 11.3 Å². The Hall–Kier alpha value is -2.88. The van der Waals surface area contributed by atoms with E-state index in [1.54, 1.807) is 0 Å². The average Bonchev–Trinajstić information content (AvgIpc) is 3.24. The van der Waals surface area contributed by atoms with E-state index in [0.717, 1.165) is 28.4 Å². The molecule has 0 saturated carbocycles. The quantitative estimate of drug-likeness (QED) is 0.419. The van der Waals surface area contributed by atoms with Crippen molar-refractivity contribution in [1.29, 1.82) is 0 Å². The molecule has 0 radical (unpaired) electrons. The molecular formula is C21H19ClF6N4O4S. The molecule has 3 rings (SSSR count). The van der Waals surface area contributed by atoms with Gasteiger partial charge >= 0.3 is 12.4 Å². The lowest BCUT2D eigenvalue weighted by Crippen LogP contribution is -2.51. The number of ether oxygens (including phenoxy) is 1. The SMILES string of the molecule is O=C(NC[C@H](NCC(F)(F)F)C(=O)Nc1ccc(N2CCOCC2=O)cc1C(F)(F)F)c1ccc(Cl)s1. The second-order valence-corrected chi connectivity index (χ2v) is 9.39. The molecule has 2 heterocycles. The van der Waals surface area contributed by atoms with Gasteiger partial charge in [0.2, 0.25) is 5.91 Å². The Morgan fingerprint density at radius 1 is 1.14 bits per heavy atom. The number of alkyl halides is 6. The van der Waals surface area contributed by atoms with Gasteiger partial charge in [0.05, 0.1) is 33.6 Å². The van der Waals surface area contributed by atoms with Crippen molar-refractivity contribution in [2.75, 3.05) is 43.1 Å². The van der Waals surface area contributed by atoms with E-state index in [2.05, 4.69) is 5.32 Å². The number of benzene rings is 1. The van der Waals surface area contributed by atoms with E-state index in [1.165, 1.54) is 12.1 Å². The molecule has 1 fully saturated rings. The predicted octanol–water partition coefficient (Wildman–Crippen LogP) is 3.67. The topological polar surface area (TPSA) is 99.8 Å². The number of carbonyl (C=O) groups excluding carboxylic acids is 3. The minimum Gasteiger partial charge on any atom is -0.370 e. The molecule has 1 atom stereocenters. The van der Waals surface area contributed by atoms with Crippen LogP contribution in [0.15, 0.2) is 30.3 Å². The lowest BCUT2D eigenvalue weighted by atomic mass is 10.1. The zero-order chi connectivity index (χ0) is 27.4. The van der Waals surface area contributed by atoms with Crippen molar-refractivity contribution in [2.24, 2.45) is 0 Å². The first-order valence-corrected chi connectivity index (χ1v) is 11.7. The molecule has 1 aromatic carbocycles. The summed E-state index contributed by atoms with van der Waals surface area (Å²) >= 11 is 6.63. The van der Waals surface area contributed by atoms with Gasteiger partial charge in [-0.05, 0) is 30.3 Å². The number of halogens is 7. The van der Waals surface area contributed by atoms with Gasteiger partial charge in [-0.2, -0.15) is 26.3 Å². The van der Waals surface area contributed by atoms with Gasteiger partial charge in [0.1, 0.15) is 12.6 Å². The van der Waals surface area contributed by atoms with Crippen LogP contribution in [0, 0.1) is 0 Å². The standard InChI is InChI=1S/C21H19ClF6N4O4S/c22-16-4-3-15(37-16)19(35)29-8-14(30-10-20(23,24)25)18(34)31-13-2-1-11(7-12(13)21(26,27)28)32-5-6-36-9-17(32)33/h1-4,7,14,30H,5-6,8-10H2,(H,29,35)(H,31,34)/t14-/m0/s1. The molecule has 1 saturated heterocycles. The number of carbonyl (C=O) groups is 3. The van der Waals surface area contributed by atoms with E-state index in [9.17, 15) is 40.7 Å². The summed E-state index contributed by atoms with van der Waals surface area (Å²) in [6, 6.07) is 3.74. The van der Waals surface area contributed by atoms with Crippen molar-refractivity contribution in [3.63, 3.8) is 0 Å². The van der Waals surface area contributed by atoms with E-state index >= 15 is 0 Å². The Balaban J connectivity index is 1.80. The van der Waals surface area contributed by atoms with Crippen LogP contribution in [0.25, 0.3) is 0 Å². The van der Waals surface area contributed by atoms with Crippen LogP contribution < -0.4 is 20.9 Å². The molecule has 16 heteroatoms. The van der Waals surface area contributed by atoms with Gasteiger partial charge in [-0.25, -0.2) is 0 Å². The third-order valence-electron chi connectivity index (χ3n) is 4.99. The maximum absolute atomic E-state index is 13.8. The molecule has 202 valence electrons. The molecule has 0 bridgehead atoms. The molecular weight excluding hydrogens is 554 g/mol. The third kappa shape index (κ3) is 8.05. The lowest BCUT2D eigenvalue weighted by molar-refractivity contribution is -0.137. The second-order valence-electron chi connectivity index (χ2n) is 7.68. The number of morpholine rings is 1. The smallest absolute Gasteiger partial charge is 0.370 e. The van der Waals surface area contributed by atoms with Crippen molar-refractivity contribution in [2.45, 2.75) is 18.4 Å². The molecule has 0 spiro atoms. The highest BCUT2D eigenvalue weighted by molar-refractivity contribution is 7.18. The zero-order valence-electron chi connectivity index (χ0n) is 18.6. The van der Waals surface area contributed by atoms with E-state index in [-0.39, 0.29) is 34.7 Å². The van der Waals surface area contributed by atoms with Crippen LogP contribution in [0.2, 0.25) is 4.34 Å². The summed E-state index contributed by atoms with van der Waals surface area (Å²) in [5.74, 6) is -2.55. The predicted molar refractivity (Wildman–Crippen MR) is 123 cm³/mol. The van der Waals surface area contributed by atoms with E-state index in [4.69, 9.17) is 16.3 Å². The van der Waals surface area contributed by atoms with Gasteiger partial charge in [-0.3, -0.25) is 19.7 Å². The van der Waals surface area contributed by atoms with Gasteiger partial charge in [-0.1, -0.05) is 11.6 Å². The molecule has 8 nitrogen and oxygen atoms in total. The fraction of sp³-hybridized carbons (Fsp3) is 0.381. The first-order valence-electron chi connectivity index (χ1n) is 10.5. The number of rotatable bonds is 8. The van der Waals surface area contributed by atoms with Crippen LogP contribution in [0.4, 0.5) is 37.7 Å². The van der Waals surface area contributed by atoms with Crippen LogP contribution in [0.1, 0.15) is 15.2 Å². The maximum Gasteiger partial charge on any atom is 0.418 e. The Morgan fingerprint density at radius 2 is 1.86 bits per heavy atom. The van der Waals surface area contributed by atoms with Crippen LogP contribution in [0.3, 0.4) is 0 Å². The number of anilines is 2. The minimum atomic E-state index is -4.98. The van der Waals surface area contributed by atoms with Crippen LogP contribution >= 0.6 is 22.9 Å². The number of nitrogens with one attached hydrogen (secondary N) is 3. The Morgan fingerprint density at radius 3 is 2.46 bits per heavy atom. The molecule has 3 N–H and O–H groups in total. The Bertz CT molecular complexity index is 1160. The van der Waals surface area contributed by atoms with Crippen LogP contribution in [0.5, 0.6) is 0 Å². The zero-order valence-corrected chi connectivity index (χ0v) is 20.2. The van der Waals surface area contributed by atoms with Crippen molar-refractivity contribution >= 4 is 52.0 Å². The molecule has 0 unspecified atom stereocenters. The average molecular weight is 573 g/mol. The van der Waals surface area contributed by atoms with E-state index < -0.39 is 60.5 Å². The number of thiophene rings is 1. The summed E-state index contributed by atoms with van der Waals surface area (Å²) in [6.45, 7) is -2.49. The summed E-state index contributed by atoms with van der Waals surface area (Å²) in [5.41, 5.74) is -2.14. The number of nitrogens with zero attached hydrogens (tertiary/aromatic N) is 1. The molecule has 37 heavy (non-hydrogen) atoms. The normalized spacial score (nSPS) is 15.4. The Kier molecular flexibility index (Phi) is 9.05. The van der Waals surface area contributed by atoms with E-state index in [0.29, 0.717) is 6.07 Å². The fourth-order valence-corrected chi connectivity index (χ4v) is 4.23. The largest absolute Gasteiger partial charge is 0.418 e. The van der Waals surface area contributed by atoms with Gasteiger partial charge in [0, 0.05) is 18.8 Å². The van der Waals surface area contributed by atoms with Gasteiger partial charge in [0.25, 0.3) is 11.8 Å². The number of hydrogen-bond acceptors (Lipinski definition) is 6. The van der Waals surface area contributed by atoms with E-state index in [1.807, 2.05) is 10.6 Å². The molecule has 3 amide bonds. The lowest BCUT2D eigenvalue weighted by Gasteiger charge is -2.28. The minimum absolute atomic E-state index is 0.0143. The fourth-order valence-electron chi connectivity index (χ4n) is 3.27. The summed E-state index contributed by atoms with van der Waals surface area (Å²) in [5, 5.41) is 6.13. The molecule has 1 aromatic heterocycles. The first kappa shape index (κ1) is 28.7. The molecule has 2 aromatic rings. The summed E-state index contributed by atoms with van der Waals surface area (Å²) in [6.07, 6.45) is -9.72. The number of amides is 3. The summed E-state index contributed by atoms with van der Waals surface area (Å²) < 4.78 is 84.9. The highest BCUT2D eigenvalue weighted by atomic mass is 35.5. The van der Waals surface area contributed by atoms with Gasteiger partial charge in [0.15, 0.2) is 0 Å². The maximum atomic E-state index is 13.8. The first-order chi connectivity index (χ1) is 17.2. The summed E-state index contributed by atoms with van der Waals surface area (Å²) in [4.78, 5) is 38.2. The monoisotopic (exact) mass is 572 g/mol. The molecule has 1 aliphatic rings. The molecule has 0 aliphatic carbocycles. The van der Waals surface area contributed by atoms with Crippen LogP contribution in [-0.2, 0) is 20.5 Å². The van der Waals surface area contributed by atoms with Crippen molar-refractivity contribution in [1.82, 2.24) is 10.6 Å². The Labute approximate surface area is 214 Å². The molecule has 1 aliphatic heterocycles. The summed E-state index contributed by atoms with van der Waals surface area (Å²) in [7, 11) is 0. The van der Waals surface area contributed by atoms with Gasteiger partial charge < -0.3 is 20.3 Å². The van der Waals surface area contributed by atoms with Crippen molar-refractivity contribution < 1.29 is 45.5 Å².